The molecule has 2 N–H and O–H groups in total. The van der Waals surface area contributed by atoms with Gasteiger partial charge in [-0.15, -0.1) is 0 Å². The first-order chi connectivity index (χ1) is 9.56. The lowest BCUT2D eigenvalue weighted by Crippen LogP contribution is -2.18. The average Bonchev–Trinajstić information content (AvgIpc) is 2.46. The zero-order valence-corrected chi connectivity index (χ0v) is 10.8. The molecule has 1 heterocycles. The van der Waals surface area contributed by atoms with Crippen molar-refractivity contribution in [3.63, 3.8) is 0 Å². The van der Waals surface area contributed by atoms with Crippen LogP contribution in [0.3, 0.4) is 0 Å². The van der Waals surface area contributed by atoms with Crippen LogP contribution < -0.4 is 15.0 Å². The maximum absolute atomic E-state index is 11.4. The van der Waals surface area contributed by atoms with Gasteiger partial charge in [-0.3, -0.25) is 4.79 Å². The number of aromatic carboxylic acids is 1. The smallest absolute Gasteiger partial charge is 0.341 e. The summed E-state index contributed by atoms with van der Waals surface area (Å²) in [7, 11) is 2.99. The minimum Gasteiger partial charge on any atom is -0.497 e. The second-order valence-corrected chi connectivity index (χ2v) is 3.87. The molecule has 104 valence electrons. The van der Waals surface area contributed by atoms with E-state index in [0.717, 1.165) is 0 Å². The Balaban J connectivity index is 2.64. The number of ether oxygens (including phenoxy) is 2. The van der Waals surface area contributed by atoms with E-state index in [0.29, 0.717) is 17.1 Å². The lowest BCUT2D eigenvalue weighted by Gasteiger charge is -2.09. The zero-order chi connectivity index (χ0) is 14.7. The minimum atomic E-state index is -1.32. The number of nitrogens with zero attached hydrogens (tertiary/aromatic N) is 1. The van der Waals surface area contributed by atoms with Gasteiger partial charge in [0, 0.05) is 5.56 Å². The fraction of sp³-hybridized carbons (Fsp3) is 0.154. The molecule has 0 amide bonds. The molecule has 7 heteroatoms. The Bertz CT molecular complexity index is 708. The number of carboxylic acid groups (broad SMARTS) is 1. The molecule has 7 nitrogen and oxygen atoms in total. The maximum Gasteiger partial charge on any atom is 0.341 e. The zero-order valence-electron chi connectivity index (χ0n) is 10.8. The van der Waals surface area contributed by atoms with Gasteiger partial charge in [-0.2, -0.15) is 5.10 Å². The van der Waals surface area contributed by atoms with E-state index in [4.69, 9.17) is 14.6 Å². The summed E-state index contributed by atoms with van der Waals surface area (Å²) < 4.78 is 10.3. The van der Waals surface area contributed by atoms with Crippen LogP contribution in [0.15, 0.2) is 29.1 Å². The summed E-state index contributed by atoms with van der Waals surface area (Å²) in [4.78, 5) is 22.3. The van der Waals surface area contributed by atoms with Crippen molar-refractivity contribution in [2.24, 2.45) is 0 Å². The third kappa shape index (κ3) is 2.46. The van der Waals surface area contributed by atoms with Gasteiger partial charge in [0.05, 0.1) is 19.9 Å². The molecule has 0 spiro atoms. The third-order valence-corrected chi connectivity index (χ3v) is 2.72. The molecule has 0 radical (unpaired) electrons. The largest absolute Gasteiger partial charge is 0.497 e. The van der Waals surface area contributed by atoms with Crippen LogP contribution in [0.5, 0.6) is 11.5 Å². The SMILES string of the molecule is COc1ccc(OC)c(-c2cc(C(=O)O)c(=O)[nH]n2)c1. The van der Waals surface area contributed by atoms with E-state index >= 15 is 0 Å². The van der Waals surface area contributed by atoms with Gasteiger partial charge in [-0.1, -0.05) is 0 Å². The number of carboxylic acids is 1. The Morgan fingerprint density at radius 2 is 2.00 bits per heavy atom. The van der Waals surface area contributed by atoms with Crippen molar-refractivity contribution in [3.05, 3.63) is 40.2 Å². The number of aromatic amines is 1. The Kier molecular flexibility index (Phi) is 3.69. The fourth-order valence-corrected chi connectivity index (χ4v) is 1.72. The van der Waals surface area contributed by atoms with Crippen LogP contribution in [0.4, 0.5) is 0 Å². The molecule has 2 rings (SSSR count). The summed E-state index contributed by atoms with van der Waals surface area (Å²) in [6.45, 7) is 0. The van der Waals surface area contributed by atoms with Crippen LogP contribution in [0.2, 0.25) is 0 Å². The second-order valence-electron chi connectivity index (χ2n) is 3.87. The van der Waals surface area contributed by atoms with Crippen molar-refractivity contribution in [1.29, 1.82) is 0 Å². The number of benzene rings is 1. The van der Waals surface area contributed by atoms with E-state index in [-0.39, 0.29) is 11.3 Å². The Morgan fingerprint density at radius 3 is 2.60 bits per heavy atom. The second kappa shape index (κ2) is 5.43. The molecule has 20 heavy (non-hydrogen) atoms. The molecule has 0 aliphatic carbocycles. The van der Waals surface area contributed by atoms with Gasteiger partial charge in [0.25, 0.3) is 5.56 Å². The van der Waals surface area contributed by atoms with E-state index in [9.17, 15) is 9.59 Å². The van der Waals surface area contributed by atoms with Gasteiger partial charge in [-0.25, -0.2) is 9.89 Å². The number of carbonyl (C=O) groups is 1. The Hall–Kier alpha value is -2.83. The molecule has 0 bridgehead atoms. The molecule has 1 aromatic carbocycles. The summed E-state index contributed by atoms with van der Waals surface area (Å²) >= 11 is 0. The van der Waals surface area contributed by atoms with E-state index in [1.54, 1.807) is 18.2 Å². The van der Waals surface area contributed by atoms with Crippen molar-refractivity contribution in [3.8, 4) is 22.8 Å². The molecular weight excluding hydrogens is 264 g/mol. The highest BCUT2D eigenvalue weighted by atomic mass is 16.5. The van der Waals surface area contributed by atoms with Crippen LogP contribution in [0.1, 0.15) is 10.4 Å². The monoisotopic (exact) mass is 276 g/mol. The number of nitrogens with one attached hydrogen (secondary N) is 1. The minimum absolute atomic E-state index is 0.276. The molecule has 2 aromatic rings. The molecule has 0 saturated heterocycles. The highest BCUT2D eigenvalue weighted by Crippen LogP contribution is 2.31. The number of hydrogen-bond acceptors (Lipinski definition) is 5. The van der Waals surface area contributed by atoms with Gasteiger partial charge in [0.2, 0.25) is 0 Å². The number of methoxy groups -OCH3 is 2. The molecule has 0 aliphatic rings. The highest BCUT2D eigenvalue weighted by Gasteiger charge is 2.15. The summed E-state index contributed by atoms with van der Waals surface area (Å²) in [6.07, 6.45) is 0. The maximum atomic E-state index is 11.4. The van der Waals surface area contributed by atoms with E-state index in [2.05, 4.69) is 10.2 Å². The normalized spacial score (nSPS) is 10.1. The first-order valence-corrected chi connectivity index (χ1v) is 5.62. The Morgan fingerprint density at radius 1 is 1.25 bits per heavy atom. The van der Waals surface area contributed by atoms with Crippen molar-refractivity contribution in [1.82, 2.24) is 10.2 Å². The highest BCUT2D eigenvalue weighted by molar-refractivity contribution is 5.88. The van der Waals surface area contributed by atoms with E-state index in [1.165, 1.54) is 20.3 Å². The van der Waals surface area contributed by atoms with Gasteiger partial charge >= 0.3 is 5.97 Å². The molecule has 1 aromatic heterocycles. The lowest BCUT2D eigenvalue weighted by atomic mass is 10.1. The first-order valence-electron chi connectivity index (χ1n) is 5.62. The van der Waals surface area contributed by atoms with Crippen LogP contribution in [-0.2, 0) is 0 Å². The van der Waals surface area contributed by atoms with Crippen LogP contribution >= 0.6 is 0 Å². The van der Waals surface area contributed by atoms with Crippen molar-refractivity contribution in [2.45, 2.75) is 0 Å². The standard InChI is InChI=1S/C13H12N2O5/c1-19-7-3-4-11(20-2)8(5-7)10-6-9(13(17)18)12(16)15-14-10/h3-6H,1-2H3,(H,15,16)(H,17,18). The first kappa shape index (κ1) is 13.6. The van der Waals surface area contributed by atoms with Gasteiger partial charge < -0.3 is 14.6 Å². The Labute approximate surface area is 113 Å². The summed E-state index contributed by atoms with van der Waals surface area (Å²) in [5, 5.41) is 15.0. The number of aromatic nitrogens is 2. The van der Waals surface area contributed by atoms with E-state index < -0.39 is 11.5 Å². The predicted molar refractivity (Wildman–Crippen MR) is 70.4 cm³/mol. The van der Waals surface area contributed by atoms with Crippen LogP contribution in [0, 0.1) is 0 Å². The molecule has 0 atom stereocenters. The van der Waals surface area contributed by atoms with Gasteiger partial charge in [0.15, 0.2) is 0 Å². The molecule has 0 saturated carbocycles. The number of rotatable bonds is 4. The van der Waals surface area contributed by atoms with Crippen molar-refractivity contribution >= 4 is 5.97 Å². The van der Waals surface area contributed by atoms with Gasteiger partial charge in [-0.05, 0) is 24.3 Å². The van der Waals surface area contributed by atoms with Gasteiger partial charge in [0.1, 0.15) is 17.1 Å². The average molecular weight is 276 g/mol. The third-order valence-electron chi connectivity index (χ3n) is 2.72. The number of hydrogen-bond donors (Lipinski definition) is 2. The topological polar surface area (TPSA) is 102 Å². The molecular formula is C13H12N2O5. The van der Waals surface area contributed by atoms with Crippen LogP contribution in [-0.4, -0.2) is 35.5 Å². The van der Waals surface area contributed by atoms with E-state index in [1.807, 2.05) is 0 Å². The summed E-state index contributed by atoms with van der Waals surface area (Å²) in [5.74, 6) is -0.274. The molecule has 0 aliphatic heterocycles. The summed E-state index contributed by atoms with van der Waals surface area (Å²) in [5.41, 5.74) is -0.355. The van der Waals surface area contributed by atoms with Crippen LogP contribution in [0.25, 0.3) is 11.3 Å². The van der Waals surface area contributed by atoms with Crippen molar-refractivity contribution in [2.75, 3.05) is 14.2 Å². The summed E-state index contributed by atoms with van der Waals surface area (Å²) in [6, 6.07) is 6.21. The predicted octanol–water partition coefficient (Wildman–Crippen LogP) is 1.15. The molecule has 0 fully saturated rings. The fourth-order valence-electron chi connectivity index (χ4n) is 1.72. The number of H-pyrrole nitrogens is 1. The molecule has 0 unspecified atom stereocenters. The quantitative estimate of drug-likeness (QED) is 0.868. The lowest BCUT2D eigenvalue weighted by molar-refractivity contribution is 0.0694. The van der Waals surface area contributed by atoms with Crippen molar-refractivity contribution < 1.29 is 19.4 Å².